The number of hydrogen-bond donors (Lipinski definition) is 1. The van der Waals surface area contributed by atoms with Crippen LogP contribution in [0.4, 0.5) is 0 Å². The number of carbonyl (C=O) groups excluding carboxylic acids is 1. The Kier molecular flexibility index (Phi) is 1.91. The molecule has 0 spiro atoms. The molecule has 10 heavy (non-hydrogen) atoms. The number of nitrogens with two attached hydrogens (primary N) is 1. The fraction of sp³-hybridized carbons (Fsp3) is 0.167. The summed E-state index contributed by atoms with van der Waals surface area (Å²) in [6, 6.07) is 0. The molecule has 0 aromatic heterocycles. The number of amides is 1. The Labute approximate surface area is 63.6 Å². The highest BCUT2D eigenvalue weighted by atomic mass is 32.1. The first kappa shape index (κ1) is 7.08. The lowest BCUT2D eigenvalue weighted by Crippen LogP contribution is -2.27. The van der Waals surface area contributed by atoms with Crippen molar-refractivity contribution in [1.82, 2.24) is 0 Å². The second-order valence-corrected chi connectivity index (χ2v) is 2.30. The number of carbonyl (C=O) groups is 1. The molecule has 0 radical (unpaired) electrons. The fourth-order valence-corrected chi connectivity index (χ4v) is 0.912. The highest BCUT2D eigenvalue weighted by Gasteiger charge is 2.17. The molecule has 0 aromatic carbocycles. The first-order valence-corrected chi connectivity index (χ1v) is 3.16. The van der Waals surface area contributed by atoms with Gasteiger partial charge in [0.15, 0.2) is 0 Å². The van der Waals surface area contributed by atoms with E-state index in [-0.39, 0.29) is 0 Å². The van der Waals surface area contributed by atoms with Crippen molar-refractivity contribution in [2.24, 2.45) is 16.6 Å². The zero-order valence-corrected chi connectivity index (χ0v) is 5.97. The van der Waals surface area contributed by atoms with E-state index >= 15 is 0 Å². The van der Waals surface area contributed by atoms with E-state index in [2.05, 4.69) is 4.99 Å². The molecule has 2 N–H and O–H groups in total. The smallest absolute Gasteiger partial charge is 0.231 e. The number of allylic oxidation sites excluding steroid dienone is 1. The van der Waals surface area contributed by atoms with E-state index in [9.17, 15) is 4.79 Å². The van der Waals surface area contributed by atoms with Gasteiger partial charge in [-0.1, -0.05) is 18.3 Å². The predicted octanol–water partition coefficient (Wildman–Crippen LogP) is 0.0559. The number of dihydropyridines is 1. The highest BCUT2D eigenvalue weighted by Crippen LogP contribution is 2.06. The summed E-state index contributed by atoms with van der Waals surface area (Å²) < 4.78 is 0. The molecule has 52 valence electrons. The van der Waals surface area contributed by atoms with E-state index < -0.39 is 11.8 Å². The molecule has 0 aliphatic carbocycles. The quantitative estimate of drug-likeness (QED) is 0.543. The van der Waals surface area contributed by atoms with Gasteiger partial charge in [0.1, 0.15) is 10.9 Å². The molecule has 1 aliphatic heterocycles. The third-order valence-electron chi connectivity index (χ3n) is 1.16. The molecule has 0 fully saturated rings. The maximum Gasteiger partial charge on any atom is 0.231 e. The molecule has 0 bridgehead atoms. The second kappa shape index (κ2) is 2.70. The Bertz CT molecular complexity index is 232. The number of nitrogens with zero attached hydrogens (tertiary/aromatic N) is 1. The van der Waals surface area contributed by atoms with Crippen LogP contribution < -0.4 is 5.73 Å². The average Bonchev–Trinajstić information content (AvgIpc) is 1.88. The lowest BCUT2D eigenvalue weighted by molar-refractivity contribution is -0.118. The number of aliphatic imine (C=N–C) groups is 1. The summed E-state index contributed by atoms with van der Waals surface area (Å²) in [4.78, 5) is 14.7. The first-order valence-electron chi connectivity index (χ1n) is 2.76. The van der Waals surface area contributed by atoms with Crippen molar-refractivity contribution in [2.75, 3.05) is 0 Å². The van der Waals surface area contributed by atoms with Crippen LogP contribution in [0.5, 0.6) is 0 Å². The lowest BCUT2D eigenvalue weighted by Gasteiger charge is -2.07. The average molecular weight is 154 g/mol. The summed E-state index contributed by atoms with van der Waals surface area (Å²) in [5.74, 6) is -0.932. The van der Waals surface area contributed by atoms with Gasteiger partial charge in [-0.3, -0.25) is 4.79 Å². The second-order valence-electron chi connectivity index (χ2n) is 1.88. The number of hydrogen-bond acceptors (Lipinski definition) is 2. The van der Waals surface area contributed by atoms with E-state index in [1.54, 1.807) is 18.4 Å². The third kappa shape index (κ3) is 1.27. The molecule has 1 heterocycles. The fourth-order valence-electron chi connectivity index (χ4n) is 0.656. The first-order chi connectivity index (χ1) is 4.72. The van der Waals surface area contributed by atoms with Gasteiger partial charge < -0.3 is 5.73 Å². The molecule has 0 saturated carbocycles. The standard InChI is InChI=1S/C6H6N2OS/c7-5(9)4-2-1-3-8-6(4)10/h1-4H,(H2,7,9). The van der Waals surface area contributed by atoms with E-state index in [0.717, 1.165) is 0 Å². The van der Waals surface area contributed by atoms with Crippen LogP contribution in [0.2, 0.25) is 0 Å². The van der Waals surface area contributed by atoms with Gasteiger partial charge in [0.2, 0.25) is 5.91 Å². The van der Waals surface area contributed by atoms with E-state index in [0.29, 0.717) is 4.99 Å². The van der Waals surface area contributed by atoms with Crippen LogP contribution in [0.3, 0.4) is 0 Å². The Hall–Kier alpha value is -1.03. The summed E-state index contributed by atoms with van der Waals surface area (Å²) >= 11 is 4.75. The summed E-state index contributed by atoms with van der Waals surface area (Å²) in [5.41, 5.74) is 5.01. The minimum Gasteiger partial charge on any atom is -0.369 e. The molecule has 0 saturated heterocycles. The summed E-state index contributed by atoms with van der Waals surface area (Å²) in [7, 11) is 0. The molecular formula is C6H6N2OS. The topological polar surface area (TPSA) is 55.5 Å². The molecule has 1 unspecified atom stereocenters. The van der Waals surface area contributed by atoms with Crippen LogP contribution >= 0.6 is 12.2 Å². The van der Waals surface area contributed by atoms with Gasteiger partial charge in [-0.25, -0.2) is 4.99 Å². The Morgan fingerprint density at radius 1 is 1.80 bits per heavy atom. The van der Waals surface area contributed by atoms with Gasteiger partial charge >= 0.3 is 0 Å². The van der Waals surface area contributed by atoms with Crippen molar-refractivity contribution in [3.63, 3.8) is 0 Å². The van der Waals surface area contributed by atoms with Crippen molar-refractivity contribution in [2.45, 2.75) is 0 Å². The molecular weight excluding hydrogens is 148 g/mol. The van der Waals surface area contributed by atoms with Crippen LogP contribution in [0.1, 0.15) is 0 Å². The highest BCUT2D eigenvalue weighted by molar-refractivity contribution is 7.80. The van der Waals surface area contributed by atoms with Crippen molar-refractivity contribution in [3.8, 4) is 0 Å². The van der Waals surface area contributed by atoms with Crippen molar-refractivity contribution < 1.29 is 4.79 Å². The molecule has 3 nitrogen and oxygen atoms in total. The number of rotatable bonds is 1. The van der Waals surface area contributed by atoms with E-state index in [1.165, 1.54) is 0 Å². The Balaban J connectivity index is 2.80. The number of thiocarbonyl (C=S) groups is 1. The van der Waals surface area contributed by atoms with Crippen LogP contribution in [0.15, 0.2) is 17.1 Å². The lowest BCUT2D eigenvalue weighted by atomic mass is 10.1. The largest absolute Gasteiger partial charge is 0.369 e. The predicted molar refractivity (Wildman–Crippen MR) is 42.9 cm³/mol. The summed E-state index contributed by atoms with van der Waals surface area (Å²) in [6.45, 7) is 0. The van der Waals surface area contributed by atoms with Crippen LogP contribution in [0, 0.1) is 5.92 Å². The molecule has 1 amide bonds. The van der Waals surface area contributed by atoms with Crippen LogP contribution in [-0.4, -0.2) is 17.1 Å². The zero-order chi connectivity index (χ0) is 7.56. The van der Waals surface area contributed by atoms with E-state index in [4.69, 9.17) is 18.0 Å². The minimum absolute atomic E-state index is 0.343. The van der Waals surface area contributed by atoms with Gasteiger partial charge in [-0.05, 0) is 6.08 Å². The summed E-state index contributed by atoms with van der Waals surface area (Å²) in [5, 5.41) is 0. The van der Waals surface area contributed by atoms with Crippen molar-refractivity contribution in [1.29, 1.82) is 0 Å². The van der Waals surface area contributed by atoms with Gasteiger partial charge in [0.05, 0.1) is 0 Å². The van der Waals surface area contributed by atoms with Gasteiger partial charge in [0.25, 0.3) is 0 Å². The third-order valence-corrected chi connectivity index (χ3v) is 1.52. The van der Waals surface area contributed by atoms with E-state index in [1.807, 2.05) is 0 Å². The van der Waals surface area contributed by atoms with Crippen molar-refractivity contribution in [3.05, 3.63) is 12.2 Å². The van der Waals surface area contributed by atoms with Gasteiger partial charge in [0, 0.05) is 6.21 Å². The molecule has 1 rings (SSSR count). The van der Waals surface area contributed by atoms with Crippen LogP contribution in [-0.2, 0) is 4.79 Å². The molecule has 1 aliphatic rings. The Morgan fingerprint density at radius 2 is 2.50 bits per heavy atom. The maximum absolute atomic E-state index is 10.6. The van der Waals surface area contributed by atoms with Gasteiger partial charge in [-0.2, -0.15) is 0 Å². The zero-order valence-electron chi connectivity index (χ0n) is 5.15. The van der Waals surface area contributed by atoms with Crippen molar-refractivity contribution >= 4 is 29.3 Å². The Morgan fingerprint density at radius 3 is 2.90 bits per heavy atom. The molecule has 1 atom stereocenters. The normalized spacial score (nSPS) is 23.2. The molecule has 0 aromatic rings. The maximum atomic E-state index is 10.6. The minimum atomic E-state index is -0.486. The van der Waals surface area contributed by atoms with Crippen LogP contribution in [0.25, 0.3) is 0 Å². The molecule has 4 heteroatoms. The SMILES string of the molecule is NC(=O)C1C=CC=NC1=S. The number of primary amides is 1. The summed E-state index contributed by atoms with van der Waals surface area (Å²) in [6.07, 6.45) is 4.84. The van der Waals surface area contributed by atoms with Gasteiger partial charge in [-0.15, -0.1) is 0 Å². The monoisotopic (exact) mass is 154 g/mol.